The highest BCUT2D eigenvalue weighted by molar-refractivity contribution is 9.10. The van der Waals surface area contributed by atoms with Crippen LogP contribution in [0, 0.1) is 0 Å². The Labute approximate surface area is 157 Å². The van der Waals surface area contributed by atoms with Crippen molar-refractivity contribution in [1.29, 1.82) is 0 Å². The van der Waals surface area contributed by atoms with Crippen LogP contribution < -0.4 is 15.6 Å². The number of para-hydroxylation sites is 2. The normalized spacial score (nSPS) is 10.4. The van der Waals surface area contributed by atoms with Crippen LogP contribution in [0.3, 0.4) is 0 Å². The molecule has 7 nitrogen and oxygen atoms in total. The molecular weight excluding hydrogens is 402 g/mol. The fourth-order valence-electron chi connectivity index (χ4n) is 2.34. The first-order valence-electron chi connectivity index (χ1n) is 7.53. The molecule has 0 bridgehead atoms. The Hall–Kier alpha value is -3.13. The second-order valence-electron chi connectivity index (χ2n) is 5.26. The van der Waals surface area contributed by atoms with E-state index in [0.29, 0.717) is 17.1 Å². The maximum absolute atomic E-state index is 12.5. The van der Waals surface area contributed by atoms with E-state index >= 15 is 0 Å². The number of halogens is 1. The lowest BCUT2D eigenvalue weighted by Crippen LogP contribution is -2.25. The highest BCUT2D eigenvalue weighted by atomic mass is 79.9. The van der Waals surface area contributed by atoms with E-state index < -0.39 is 17.2 Å². The molecule has 1 aromatic heterocycles. The van der Waals surface area contributed by atoms with Crippen LogP contribution in [0.2, 0.25) is 0 Å². The Morgan fingerprint density at radius 3 is 2.69 bits per heavy atom. The second-order valence-corrected chi connectivity index (χ2v) is 6.18. The molecule has 0 saturated carbocycles. The number of nitrogens with one attached hydrogen (secondary N) is 1. The fourth-order valence-corrected chi connectivity index (χ4v) is 2.74. The molecule has 2 N–H and O–H groups in total. The van der Waals surface area contributed by atoms with Crippen molar-refractivity contribution in [3.63, 3.8) is 0 Å². The number of aromatic hydroxyl groups is 1. The van der Waals surface area contributed by atoms with E-state index in [9.17, 15) is 14.7 Å². The number of nitrogens with zero attached hydrogens (tertiary/aromatic N) is 2. The van der Waals surface area contributed by atoms with Crippen LogP contribution >= 0.6 is 15.9 Å². The highest BCUT2D eigenvalue weighted by Crippen LogP contribution is 2.22. The molecule has 0 saturated heterocycles. The van der Waals surface area contributed by atoms with Crippen molar-refractivity contribution < 1.29 is 14.6 Å². The fraction of sp³-hybridized carbons (Fsp3) is 0.0556. The number of anilines is 1. The van der Waals surface area contributed by atoms with Gasteiger partial charge in [-0.15, -0.1) is 0 Å². The molecule has 26 heavy (non-hydrogen) atoms. The first kappa shape index (κ1) is 17.7. The van der Waals surface area contributed by atoms with Gasteiger partial charge in [-0.2, -0.15) is 9.78 Å². The molecule has 0 atom stereocenters. The zero-order chi connectivity index (χ0) is 18.7. The van der Waals surface area contributed by atoms with Crippen LogP contribution in [0.1, 0.15) is 10.5 Å². The molecule has 3 rings (SSSR count). The minimum Gasteiger partial charge on any atom is -0.505 e. The summed E-state index contributed by atoms with van der Waals surface area (Å²) in [5.41, 5.74) is -0.00129. The van der Waals surface area contributed by atoms with Crippen LogP contribution in [0.15, 0.2) is 63.9 Å². The maximum Gasteiger partial charge on any atom is 0.279 e. The van der Waals surface area contributed by atoms with Crippen molar-refractivity contribution in [3.8, 4) is 17.2 Å². The van der Waals surface area contributed by atoms with Crippen molar-refractivity contribution in [3.05, 3.63) is 75.1 Å². The van der Waals surface area contributed by atoms with E-state index in [1.807, 2.05) is 6.07 Å². The number of hydrogen-bond donors (Lipinski definition) is 2. The Morgan fingerprint density at radius 1 is 1.19 bits per heavy atom. The van der Waals surface area contributed by atoms with E-state index in [4.69, 9.17) is 4.74 Å². The van der Waals surface area contributed by atoms with Gasteiger partial charge in [0.25, 0.3) is 11.5 Å². The third-order valence-corrected chi connectivity index (χ3v) is 4.02. The monoisotopic (exact) mass is 415 g/mol. The van der Waals surface area contributed by atoms with E-state index in [-0.39, 0.29) is 5.69 Å². The lowest BCUT2D eigenvalue weighted by molar-refractivity contribution is 0.101. The Kier molecular flexibility index (Phi) is 5.04. The maximum atomic E-state index is 12.5. The molecule has 3 aromatic rings. The predicted octanol–water partition coefficient (Wildman–Crippen LogP) is 2.96. The standard InChI is InChI=1S/C18H14BrN3O4/c1-26-15-8-3-2-7-13(15)22-16(24)10-14(23)17(21-22)18(25)20-12-6-4-5-11(19)9-12/h2-10,23H,1H3,(H,20,25). The number of carbonyl (C=O) groups excluding carboxylic acids is 1. The van der Waals surface area contributed by atoms with E-state index in [0.717, 1.165) is 15.2 Å². The van der Waals surface area contributed by atoms with Gasteiger partial charge < -0.3 is 15.2 Å². The van der Waals surface area contributed by atoms with Gasteiger partial charge in [-0.3, -0.25) is 9.59 Å². The summed E-state index contributed by atoms with van der Waals surface area (Å²) in [4.78, 5) is 24.7. The van der Waals surface area contributed by atoms with Gasteiger partial charge >= 0.3 is 0 Å². The Bertz CT molecular complexity index is 1030. The van der Waals surface area contributed by atoms with Crippen molar-refractivity contribution in [2.75, 3.05) is 12.4 Å². The molecule has 0 fully saturated rings. The number of ether oxygens (including phenoxy) is 1. The highest BCUT2D eigenvalue weighted by Gasteiger charge is 2.18. The molecule has 2 aromatic carbocycles. The molecule has 0 aliphatic heterocycles. The zero-order valence-electron chi connectivity index (χ0n) is 13.6. The minimum atomic E-state index is -0.649. The van der Waals surface area contributed by atoms with Gasteiger partial charge in [0.1, 0.15) is 11.4 Å². The summed E-state index contributed by atoms with van der Waals surface area (Å²) >= 11 is 3.31. The van der Waals surface area contributed by atoms with Crippen molar-refractivity contribution in [2.24, 2.45) is 0 Å². The van der Waals surface area contributed by atoms with Gasteiger partial charge in [0.2, 0.25) is 0 Å². The summed E-state index contributed by atoms with van der Waals surface area (Å²) in [6, 6.07) is 14.6. The molecule has 0 radical (unpaired) electrons. The molecule has 1 heterocycles. The number of hydrogen-bond acceptors (Lipinski definition) is 5. The lowest BCUT2D eigenvalue weighted by Gasteiger charge is -2.12. The van der Waals surface area contributed by atoms with Crippen LogP contribution in [0.5, 0.6) is 11.5 Å². The van der Waals surface area contributed by atoms with Gasteiger partial charge in [0, 0.05) is 16.2 Å². The number of aromatic nitrogens is 2. The summed E-state index contributed by atoms with van der Waals surface area (Å²) in [5, 5.41) is 16.7. The van der Waals surface area contributed by atoms with E-state index in [1.165, 1.54) is 7.11 Å². The molecule has 0 spiro atoms. The number of benzene rings is 2. The SMILES string of the molecule is COc1ccccc1-n1nc(C(=O)Nc2cccc(Br)c2)c(O)cc1=O. The van der Waals surface area contributed by atoms with Crippen molar-refractivity contribution >= 4 is 27.5 Å². The summed E-state index contributed by atoms with van der Waals surface area (Å²) in [6.45, 7) is 0. The third-order valence-electron chi connectivity index (χ3n) is 3.52. The summed E-state index contributed by atoms with van der Waals surface area (Å²) in [6.07, 6.45) is 0. The molecule has 132 valence electrons. The van der Waals surface area contributed by atoms with Crippen LogP contribution in [-0.2, 0) is 0 Å². The summed E-state index contributed by atoms with van der Waals surface area (Å²) in [7, 11) is 1.46. The predicted molar refractivity (Wildman–Crippen MR) is 100 cm³/mol. The van der Waals surface area contributed by atoms with Crippen LogP contribution in [-0.4, -0.2) is 27.9 Å². The van der Waals surface area contributed by atoms with Gasteiger partial charge in [-0.05, 0) is 30.3 Å². The first-order chi connectivity index (χ1) is 12.5. The number of amides is 1. The van der Waals surface area contributed by atoms with Gasteiger partial charge in [0.05, 0.1) is 7.11 Å². The molecule has 1 amide bonds. The minimum absolute atomic E-state index is 0.282. The zero-order valence-corrected chi connectivity index (χ0v) is 15.2. The van der Waals surface area contributed by atoms with Gasteiger partial charge in [-0.25, -0.2) is 0 Å². The lowest BCUT2D eigenvalue weighted by atomic mass is 10.2. The first-order valence-corrected chi connectivity index (χ1v) is 8.32. The Balaban J connectivity index is 2.03. The molecule has 0 unspecified atom stereocenters. The molecule has 0 aliphatic rings. The average molecular weight is 416 g/mol. The molecular formula is C18H14BrN3O4. The number of rotatable bonds is 4. The van der Waals surface area contributed by atoms with Crippen LogP contribution in [0.4, 0.5) is 5.69 Å². The summed E-state index contributed by atoms with van der Waals surface area (Å²) in [5.74, 6) is -0.746. The van der Waals surface area contributed by atoms with E-state index in [1.54, 1.807) is 42.5 Å². The average Bonchev–Trinajstić information content (AvgIpc) is 2.61. The van der Waals surface area contributed by atoms with E-state index in [2.05, 4.69) is 26.3 Å². The second kappa shape index (κ2) is 7.40. The summed E-state index contributed by atoms with van der Waals surface area (Å²) < 4.78 is 7.02. The topological polar surface area (TPSA) is 93.5 Å². The smallest absolute Gasteiger partial charge is 0.279 e. The molecule has 8 heteroatoms. The quantitative estimate of drug-likeness (QED) is 0.682. The van der Waals surface area contributed by atoms with Gasteiger partial charge in [-0.1, -0.05) is 34.1 Å². The van der Waals surface area contributed by atoms with Crippen LogP contribution in [0.25, 0.3) is 5.69 Å². The number of methoxy groups -OCH3 is 1. The van der Waals surface area contributed by atoms with Crippen molar-refractivity contribution in [1.82, 2.24) is 9.78 Å². The third kappa shape index (κ3) is 3.60. The number of carbonyl (C=O) groups is 1. The van der Waals surface area contributed by atoms with Gasteiger partial charge in [0.15, 0.2) is 11.4 Å². The molecule has 0 aliphatic carbocycles. The largest absolute Gasteiger partial charge is 0.505 e. The Morgan fingerprint density at radius 2 is 1.96 bits per heavy atom. The van der Waals surface area contributed by atoms with Crippen molar-refractivity contribution in [2.45, 2.75) is 0 Å².